The topological polar surface area (TPSA) is 68.1 Å². The summed E-state index contributed by atoms with van der Waals surface area (Å²) in [6.07, 6.45) is 1.65. The molecule has 0 amide bonds. The van der Waals surface area contributed by atoms with Crippen LogP contribution in [0.2, 0.25) is 0 Å². The maximum atomic E-state index is 13.6. The number of nitrogens with zero attached hydrogens (tertiary/aromatic N) is 3. The van der Waals surface area contributed by atoms with Gasteiger partial charge in [0.25, 0.3) is 0 Å². The maximum Gasteiger partial charge on any atom is 0.213 e. The Morgan fingerprint density at radius 1 is 1.14 bits per heavy atom. The van der Waals surface area contributed by atoms with Crippen molar-refractivity contribution >= 4 is 22.7 Å². The number of aromatic nitrogens is 3. The Morgan fingerprint density at radius 2 is 1.93 bits per heavy atom. The first kappa shape index (κ1) is 18.5. The van der Waals surface area contributed by atoms with E-state index in [1.54, 1.807) is 12.3 Å². The Kier molecular flexibility index (Phi) is 5.01. The van der Waals surface area contributed by atoms with Crippen molar-refractivity contribution in [1.29, 1.82) is 0 Å². The van der Waals surface area contributed by atoms with Crippen LogP contribution in [0.5, 0.6) is 11.6 Å². The lowest BCUT2D eigenvalue weighted by molar-refractivity contribution is 0.293. The fraction of sp³-hybridized carbons (Fsp3) is 0.105. The van der Waals surface area contributed by atoms with Gasteiger partial charge in [-0.1, -0.05) is 6.07 Å². The largest absolute Gasteiger partial charge is 0.503 e. The van der Waals surface area contributed by atoms with Crippen LogP contribution in [0.25, 0.3) is 21.1 Å². The summed E-state index contributed by atoms with van der Waals surface area (Å²) < 4.78 is 32.8. The predicted octanol–water partition coefficient (Wildman–Crippen LogP) is 5.20. The zero-order valence-electron chi connectivity index (χ0n) is 14.5. The molecule has 4 aromatic rings. The monoisotopic (exact) mass is 417 g/mol. The highest BCUT2D eigenvalue weighted by Crippen LogP contribution is 2.35. The lowest BCUT2D eigenvalue weighted by atomic mass is 10.2. The Bertz CT molecular complexity index is 1110. The Balaban J connectivity index is 1.56. The van der Waals surface area contributed by atoms with Crippen LogP contribution in [0, 0.1) is 18.6 Å². The van der Waals surface area contributed by atoms with Crippen LogP contribution < -0.4 is 4.74 Å². The molecule has 28 heavy (non-hydrogen) atoms. The van der Waals surface area contributed by atoms with Crippen molar-refractivity contribution in [2.45, 2.75) is 13.5 Å². The Morgan fingerprint density at radius 3 is 2.64 bits per heavy atom. The number of thiazole rings is 2. The summed E-state index contributed by atoms with van der Waals surface area (Å²) in [7, 11) is 0. The van der Waals surface area contributed by atoms with Gasteiger partial charge in [-0.25, -0.2) is 23.7 Å². The Labute approximate surface area is 167 Å². The normalized spacial score (nSPS) is 11.0. The number of aromatic hydroxyl groups is 1. The van der Waals surface area contributed by atoms with Gasteiger partial charge in [-0.3, -0.25) is 0 Å². The number of phenols is 1. The van der Waals surface area contributed by atoms with Crippen LogP contribution in [0.15, 0.2) is 41.9 Å². The van der Waals surface area contributed by atoms with Crippen molar-refractivity contribution in [1.82, 2.24) is 15.0 Å². The first-order valence-electron chi connectivity index (χ1n) is 8.15. The summed E-state index contributed by atoms with van der Waals surface area (Å²) in [6.45, 7) is 2.16. The van der Waals surface area contributed by atoms with Crippen LogP contribution in [0.3, 0.4) is 0 Å². The molecular formula is C19H13F2N3O2S2. The number of benzene rings is 1. The van der Waals surface area contributed by atoms with Crippen LogP contribution in [-0.4, -0.2) is 20.1 Å². The molecule has 0 unspecified atom stereocenters. The minimum atomic E-state index is -1.02. The van der Waals surface area contributed by atoms with E-state index < -0.39 is 17.4 Å². The smallest absolute Gasteiger partial charge is 0.213 e. The quantitative estimate of drug-likeness (QED) is 0.483. The van der Waals surface area contributed by atoms with Gasteiger partial charge in [0.2, 0.25) is 5.88 Å². The number of hydrogen-bond donors (Lipinski definition) is 1. The summed E-state index contributed by atoms with van der Waals surface area (Å²) in [4.78, 5) is 13.9. The molecule has 0 atom stereocenters. The van der Waals surface area contributed by atoms with E-state index in [0.29, 0.717) is 16.6 Å². The van der Waals surface area contributed by atoms with E-state index in [4.69, 9.17) is 4.74 Å². The van der Waals surface area contributed by atoms with Gasteiger partial charge in [0.15, 0.2) is 17.4 Å². The van der Waals surface area contributed by atoms with Gasteiger partial charge in [-0.05, 0) is 25.1 Å². The van der Waals surface area contributed by atoms with Crippen molar-refractivity contribution in [2.24, 2.45) is 0 Å². The van der Waals surface area contributed by atoms with Crippen LogP contribution in [-0.2, 0) is 6.61 Å². The molecule has 0 aliphatic carbocycles. The summed E-state index contributed by atoms with van der Waals surface area (Å²) in [6, 6.07) is 7.54. The van der Waals surface area contributed by atoms with Gasteiger partial charge in [0.05, 0.1) is 16.3 Å². The van der Waals surface area contributed by atoms with E-state index in [9.17, 15) is 13.9 Å². The third-order valence-electron chi connectivity index (χ3n) is 3.82. The van der Waals surface area contributed by atoms with E-state index in [1.807, 2.05) is 24.4 Å². The summed E-state index contributed by atoms with van der Waals surface area (Å²) in [5, 5.41) is 12.3. The van der Waals surface area contributed by atoms with Gasteiger partial charge >= 0.3 is 0 Å². The zero-order chi connectivity index (χ0) is 19.7. The summed E-state index contributed by atoms with van der Waals surface area (Å²) in [5.74, 6) is -2.51. The van der Waals surface area contributed by atoms with Gasteiger partial charge in [-0.15, -0.1) is 22.7 Å². The number of rotatable bonds is 5. The highest BCUT2D eigenvalue weighted by molar-refractivity contribution is 7.16. The van der Waals surface area contributed by atoms with Crippen LogP contribution in [0.4, 0.5) is 8.78 Å². The highest BCUT2D eigenvalue weighted by Gasteiger charge is 2.17. The second-order valence-electron chi connectivity index (χ2n) is 5.81. The zero-order valence-corrected chi connectivity index (χ0v) is 16.2. The summed E-state index contributed by atoms with van der Waals surface area (Å²) >= 11 is 2.70. The fourth-order valence-electron chi connectivity index (χ4n) is 2.52. The number of pyridine rings is 1. The van der Waals surface area contributed by atoms with Gasteiger partial charge in [0.1, 0.15) is 16.6 Å². The molecule has 9 heteroatoms. The van der Waals surface area contributed by atoms with E-state index >= 15 is 0 Å². The highest BCUT2D eigenvalue weighted by atomic mass is 32.1. The second-order valence-corrected chi connectivity index (χ2v) is 7.75. The van der Waals surface area contributed by atoms with Crippen LogP contribution in [0.1, 0.15) is 10.7 Å². The van der Waals surface area contributed by atoms with E-state index in [2.05, 4.69) is 15.0 Å². The van der Waals surface area contributed by atoms with Crippen molar-refractivity contribution in [2.75, 3.05) is 0 Å². The molecule has 0 saturated heterocycles. The van der Waals surface area contributed by atoms with E-state index in [1.165, 1.54) is 22.7 Å². The molecule has 3 aromatic heterocycles. The van der Waals surface area contributed by atoms with E-state index in [0.717, 1.165) is 27.7 Å². The van der Waals surface area contributed by atoms with Gasteiger partial charge < -0.3 is 9.84 Å². The SMILES string of the molecule is Cc1nc(COc2ccccn2)sc1-c1csc(-c2cc(F)c(O)c(F)c2)n1. The maximum absolute atomic E-state index is 13.6. The first-order valence-corrected chi connectivity index (χ1v) is 9.85. The van der Waals surface area contributed by atoms with Crippen molar-refractivity contribution in [3.8, 4) is 32.8 Å². The minimum absolute atomic E-state index is 0.268. The molecule has 1 aromatic carbocycles. The molecule has 3 heterocycles. The third-order valence-corrected chi connectivity index (χ3v) is 5.87. The minimum Gasteiger partial charge on any atom is -0.503 e. The lowest BCUT2D eigenvalue weighted by Crippen LogP contribution is -1.96. The molecule has 5 nitrogen and oxygen atoms in total. The molecule has 0 aliphatic heterocycles. The summed E-state index contributed by atoms with van der Waals surface area (Å²) in [5.41, 5.74) is 1.74. The standard InChI is InChI=1S/C19H13F2N3O2S2/c1-10-18(28-16(23-10)8-26-15-4-2-3-5-22-15)14-9-27-19(24-14)11-6-12(20)17(25)13(21)7-11/h2-7,9,25H,8H2,1H3. The third kappa shape index (κ3) is 3.71. The van der Waals surface area contributed by atoms with Gasteiger partial charge in [-0.2, -0.15) is 0 Å². The molecule has 142 valence electrons. The first-order chi connectivity index (χ1) is 13.5. The average molecular weight is 417 g/mol. The Hall–Kier alpha value is -2.91. The van der Waals surface area contributed by atoms with Crippen molar-refractivity contribution in [3.63, 3.8) is 0 Å². The molecule has 0 saturated carbocycles. The number of hydrogen-bond acceptors (Lipinski definition) is 7. The molecule has 4 rings (SSSR count). The van der Waals surface area contributed by atoms with Gasteiger partial charge in [0, 0.05) is 23.2 Å². The molecular weight excluding hydrogens is 404 g/mol. The fourth-order valence-corrected chi connectivity index (χ4v) is 4.33. The molecule has 0 radical (unpaired) electrons. The van der Waals surface area contributed by atoms with E-state index in [-0.39, 0.29) is 12.2 Å². The molecule has 0 spiro atoms. The predicted molar refractivity (Wildman–Crippen MR) is 104 cm³/mol. The van der Waals surface area contributed by atoms with Crippen molar-refractivity contribution < 1.29 is 18.6 Å². The molecule has 1 N–H and O–H groups in total. The van der Waals surface area contributed by atoms with Crippen molar-refractivity contribution in [3.05, 3.63) is 64.2 Å². The molecule has 0 bridgehead atoms. The van der Waals surface area contributed by atoms with Crippen LogP contribution >= 0.6 is 22.7 Å². The average Bonchev–Trinajstić information content (AvgIpc) is 3.31. The number of aryl methyl sites for hydroxylation is 1. The molecule has 0 fully saturated rings. The second kappa shape index (κ2) is 7.61. The molecule has 0 aliphatic rings. The number of ether oxygens (including phenoxy) is 1. The number of halogens is 2. The number of phenolic OH excluding ortho intramolecular Hbond substituents is 1. The lowest BCUT2D eigenvalue weighted by Gasteiger charge is -2.01.